The summed E-state index contributed by atoms with van der Waals surface area (Å²) in [6, 6.07) is 15.3. The summed E-state index contributed by atoms with van der Waals surface area (Å²) in [5.74, 6) is 1.95. The number of halogens is 4. The maximum Gasteiger partial charge on any atom is 0.389 e. The first kappa shape index (κ1) is 26.5. The molecule has 0 fully saturated rings. The first-order valence-electron chi connectivity index (χ1n) is 11.4. The zero-order chi connectivity index (χ0) is 26.4. The van der Waals surface area contributed by atoms with Crippen molar-refractivity contribution < 1.29 is 27.4 Å². The summed E-state index contributed by atoms with van der Waals surface area (Å²) < 4.78 is 55.8. The highest BCUT2D eigenvalue weighted by Crippen LogP contribution is 2.28. The van der Waals surface area contributed by atoms with Gasteiger partial charge in [-0.2, -0.15) is 22.7 Å². The van der Waals surface area contributed by atoms with Gasteiger partial charge in [-0.05, 0) is 57.7 Å². The van der Waals surface area contributed by atoms with Crippen molar-refractivity contribution in [2.75, 3.05) is 25.7 Å². The number of methoxy groups -OCH3 is 2. The van der Waals surface area contributed by atoms with Crippen molar-refractivity contribution in [1.82, 2.24) is 19.6 Å². The third kappa shape index (κ3) is 7.03. The number of hydrogen-bond donors (Lipinski definition) is 0. The van der Waals surface area contributed by atoms with Crippen LogP contribution in [0.4, 0.5) is 19.0 Å². The number of aromatic nitrogens is 4. The van der Waals surface area contributed by atoms with Gasteiger partial charge in [-0.1, -0.05) is 24.3 Å². The Balaban J connectivity index is 1.68. The molecular formula is C25H25BrF3N5O3. The Hall–Kier alpha value is -3.54. The molecule has 0 atom stereocenters. The molecule has 12 heteroatoms. The first-order valence-corrected chi connectivity index (χ1v) is 12.2. The number of hydrogen-bond acceptors (Lipinski definition) is 7. The van der Waals surface area contributed by atoms with E-state index in [2.05, 4.69) is 31.0 Å². The smallest absolute Gasteiger partial charge is 0.389 e. The molecule has 0 N–H and O–H groups in total. The minimum atomic E-state index is -4.25. The Morgan fingerprint density at radius 3 is 2.00 bits per heavy atom. The molecule has 8 nitrogen and oxygen atoms in total. The summed E-state index contributed by atoms with van der Waals surface area (Å²) in [5.41, 5.74) is 2.45. The fourth-order valence-electron chi connectivity index (χ4n) is 3.64. The Labute approximate surface area is 220 Å². The lowest BCUT2D eigenvalue weighted by atomic mass is 10.1. The summed E-state index contributed by atoms with van der Waals surface area (Å²) >= 11 is 3.42. The van der Waals surface area contributed by atoms with Crippen LogP contribution in [0.25, 0.3) is 5.65 Å². The first-order chi connectivity index (χ1) is 17.8. The largest absolute Gasteiger partial charge is 0.497 e. The number of rotatable bonds is 11. The van der Waals surface area contributed by atoms with Crippen LogP contribution in [0.3, 0.4) is 0 Å². The number of benzene rings is 2. The monoisotopic (exact) mass is 579 g/mol. The van der Waals surface area contributed by atoms with E-state index < -0.39 is 12.6 Å². The summed E-state index contributed by atoms with van der Waals surface area (Å²) in [6.45, 7) is 0.745. The lowest BCUT2D eigenvalue weighted by Crippen LogP contribution is -2.25. The minimum Gasteiger partial charge on any atom is -0.497 e. The predicted octanol–water partition coefficient (Wildman–Crippen LogP) is 5.83. The van der Waals surface area contributed by atoms with E-state index in [9.17, 15) is 13.2 Å². The van der Waals surface area contributed by atoms with Gasteiger partial charge >= 0.3 is 12.2 Å². The van der Waals surface area contributed by atoms with Gasteiger partial charge in [0.25, 0.3) is 0 Å². The molecule has 0 saturated carbocycles. The fourth-order valence-corrected chi connectivity index (χ4v) is 3.99. The van der Waals surface area contributed by atoms with Crippen molar-refractivity contribution in [2.24, 2.45) is 0 Å². The number of alkyl halides is 3. The van der Waals surface area contributed by atoms with Crippen LogP contribution in [0.5, 0.6) is 17.5 Å². The molecule has 2 aromatic heterocycles. The molecule has 0 amide bonds. The number of imidazole rings is 1. The Kier molecular flexibility index (Phi) is 8.37. The van der Waals surface area contributed by atoms with Crippen LogP contribution in [-0.2, 0) is 13.1 Å². The quantitative estimate of drug-likeness (QED) is 0.207. The molecule has 4 aromatic rings. The molecule has 4 rings (SSSR count). The third-order valence-corrected chi connectivity index (χ3v) is 6.02. The molecule has 0 aliphatic carbocycles. The predicted molar refractivity (Wildman–Crippen MR) is 135 cm³/mol. The highest BCUT2D eigenvalue weighted by molar-refractivity contribution is 9.10. The van der Waals surface area contributed by atoms with E-state index in [1.165, 1.54) is 4.52 Å². The van der Waals surface area contributed by atoms with Crippen LogP contribution in [0, 0.1) is 0 Å². The topological polar surface area (TPSA) is 74.0 Å². The molecule has 2 heterocycles. The van der Waals surface area contributed by atoms with Crippen LogP contribution in [0.1, 0.15) is 24.0 Å². The van der Waals surface area contributed by atoms with Crippen LogP contribution >= 0.6 is 15.9 Å². The molecule has 37 heavy (non-hydrogen) atoms. The Morgan fingerprint density at radius 1 is 0.919 bits per heavy atom. The second-order valence-electron chi connectivity index (χ2n) is 8.15. The van der Waals surface area contributed by atoms with E-state index in [0.717, 1.165) is 22.6 Å². The lowest BCUT2D eigenvalue weighted by Gasteiger charge is -2.25. The second kappa shape index (κ2) is 11.7. The van der Waals surface area contributed by atoms with E-state index in [-0.39, 0.29) is 19.0 Å². The van der Waals surface area contributed by atoms with Gasteiger partial charge in [0.05, 0.1) is 27.0 Å². The molecule has 0 unspecified atom stereocenters. The average Bonchev–Trinajstić information content (AvgIpc) is 3.26. The zero-order valence-electron chi connectivity index (χ0n) is 20.2. The second-order valence-corrected chi connectivity index (χ2v) is 8.97. The van der Waals surface area contributed by atoms with Crippen molar-refractivity contribution in [3.8, 4) is 17.5 Å². The molecular weight excluding hydrogens is 555 g/mol. The lowest BCUT2D eigenvalue weighted by molar-refractivity contribution is -0.136. The van der Waals surface area contributed by atoms with E-state index in [1.54, 1.807) is 20.4 Å². The number of ether oxygens (including phenoxy) is 3. The number of fused-ring (bicyclic) bond motifs is 1. The highest BCUT2D eigenvalue weighted by atomic mass is 79.9. The minimum absolute atomic E-state index is 0.0437. The molecule has 196 valence electrons. The van der Waals surface area contributed by atoms with Gasteiger partial charge < -0.3 is 19.1 Å². The van der Waals surface area contributed by atoms with Crippen molar-refractivity contribution in [3.05, 3.63) is 70.5 Å². The van der Waals surface area contributed by atoms with Gasteiger partial charge in [-0.3, -0.25) is 0 Å². The maximum atomic E-state index is 12.6. The summed E-state index contributed by atoms with van der Waals surface area (Å²) in [5, 5.41) is 4.30. The van der Waals surface area contributed by atoms with Gasteiger partial charge in [0.1, 0.15) is 16.1 Å². The van der Waals surface area contributed by atoms with Gasteiger partial charge in [0.2, 0.25) is 0 Å². The van der Waals surface area contributed by atoms with Crippen LogP contribution in [0.15, 0.2) is 59.3 Å². The summed E-state index contributed by atoms with van der Waals surface area (Å²) in [6.07, 6.45) is -3.81. The van der Waals surface area contributed by atoms with E-state index >= 15 is 0 Å². The molecule has 0 radical (unpaired) electrons. The van der Waals surface area contributed by atoms with Crippen molar-refractivity contribution in [3.63, 3.8) is 0 Å². The molecule has 2 aromatic carbocycles. The van der Waals surface area contributed by atoms with Crippen molar-refractivity contribution >= 4 is 27.4 Å². The van der Waals surface area contributed by atoms with Gasteiger partial charge in [0.15, 0.2) is 11.5 Å². The third-order valence-electron chi connectivity index (χ3n) is 5.48. The standard InChI is InChI=1S/C25H25BrF3N5O3/c1-35-19-8-4-17(5-9-19)15-33(16-18-6-10-20(36-2)11-7-18)23-22-30-14-21(26)34(22)32-24(31-23)37-13-3-12-25(27,28)29/h4-11,14H,3,12-13,15-16H2,1-2H3. The fraction of sp³-hybridized carbons (Fsp3) is 0.320. The molecule has 0 saturated heterocycles. The highest BCUT2D eigenvalue weighted by Gasteiger charge is 2.26. The number of anilines is 1. The van der Waals surface area contributed by atoms with Crippen LogP contribution in [-0.4, -0.2) is 46.6 Å². The number of nitrogens with zero attached hydrogens (tertiary/aromatic N) is 5. The van der Waals surface area contributed by atoms with E-state index in [1.807, 2.05) is 53.4 Å². The maximum absolute atomic E-state index is 12.6. The Bertz CT molecular complexity index is 1260. The van der Waals surface area contributed by atoms with Gasteiger partial charge in [0, 0.05) is 19.5 Å². The van der Waals surface area contributed by atoms with Crippen molar-refractivity contribution in [2.45, 2.75) is 32.1 Å². The SMILES string of the molecule is COc1ccc(CN(Cc2ccc(OC)cc2)c2nc(OCCCC(F)(F)F)nn3c(Br)cnc23)cc1. The van der Waals surface area contributed by atoms with Gasteiger partial charge in [-0.15, -0.1) is 5.10 Å². The normalized spacial score (nSPS) is 11.5. The van der Waals surface area contributed by atoms with Crippen molar-refractivity contribution in [1.29, 1.82) is 0 Å². The molecule has 0 bridgehead atoms. The van der Waals surface area contributed by atoms with Gasteiger partial charge in [-0.25, -0.2) is 4.98 Å². The van der Waals surface area contributed by atoms with Crippen LogP contribution < -0.4 is 19.1 Å². The molecule has 0 aliphatic rings. The summed E-state index contributed by atoms with van der Waals surface area (Å²) in [7, 11) is 3.21. The molecule has 0 spiro atoms. The average molecular weight is 580 g/mol. The zero-order valence-corrected chi connectivity index (χ0v) is 21.8. The summed E-state index contributed by atoms with van der Waals surface area (Å²) in [4.78, 5) is 11.0. The Morgan fingerprint density at radius 2 is 1.49 bits per heavy atom. The van der Waals surface area contributed by atoms with Crippen LogP contribution in [0.2, 0.25) is 0 Å². The van der Waals surface area contributed by atoms with E-state index in [0.29, 0.717) is 29.2 Å². The molecule has 0 aliphatic heterocycles. The van der Waals surface area contributed by atoms with E-state index in [4.69, 9.17) is 14.2 Å².